The van der Waals surface area contributed by atoms with E-state index in [2.05, 4.69) is 4.98 Å². The Morgan fingerprint density at radius 3 is 2.90 bits per heavy atom. The minimum Gasteiger partial charge on any atom is -0.489 e. The van der Waals surface area contributed by atoms with Gasteiger partial charge in [0.2, 0.25) is 11.7 Å². The number of benzene rings is 1. The Hall–Kier alpha value is -2.21. The highest BCUT2D eigenvalue weighted by atomic mass is 35.5. The summed E-state index contributed by atoms with van der Waals surface area (Å²) < 4.78 is 11.0. The predicted molar refractivity (Wildman–Crippen MR) is 77.4 cm³/mol. The van der Waals surface area contributed by atoms with Crippen molar-refractivity contribution in [1.82, 2.24) is 4.98 Å². The summed E-state index contributed by atoms with van der Waals surface area (Å²) in [5, 5.41) is 9.57. The van der Waals surface area contributed by atoms with Gasteiger partial charge in [-0.25, -0.2) is 9.78 Å². The normalized spacial score (nSPS) is 13.8. The van der Waals surface area contributed by atoms with E-state index in [1.54, 1.807) is 19.1 Å². The topological polar surface area (TPSA) is 75.8 Å². The third-order valence-corrected chi connectivity index (χ3v) is 3.56. The molecule has 21 heavy (non-hydrogen) atoms. The molecule has 1 aliphatic heterocycles. The lowest BCUT2D eigenvalue weighted by molar-refractivity contribution is 0.0662. The molecule has 0 saturated carbocycles. The van der Waals surface area contributed by atoms with E-state index in [0.717, 1.165) is 12.2 Å². The second-order valence-electron chi connectivity index (χ2n) is 4.81. The van der Waals surface area contributed by atoms with Crippen molar-refractivity contribution in [3.63, 3.8) is 0 Å². The Labute approximate surface area is 125 Å². The first kappa shape index (κ1) is 13.8. The Morgan fingerprint density at radius 1 is 1.48 bits per heavy atom. The zero-order valence-electron chi connectivity index (χ0n) is 11.5. The highest BCUT2D eigenvalue weighted by Gasteiger charge is 2.25. The fraction of sp³-hybridized carbons (Fsp3) is 0.286. The van der Waals surface area contributed by atoms with E-state index in [1.807, 2.05) is 11.9 Å². The van der Waals surface area contributed by atoms with Crippen molar-refractivity contribution in [2.45, 2.75) is 6.92 Å². The molecule has 0 amide bonds. The lowest BCUT2D eigenvalue weighted by atomic mass is 10.1. The Bertz CT molecular complexity index is 726. The molecule has 2 aromatic rings. The van der Waals surface area contributed by atoms with Gasteiger partial charge in [-0.15, -0.1) is 0 Å². The van der Waals surface area contributed by atoms with Crippen LogP contribution in [0.5, 0.6) is 5.75 Å². The van der Waals surface area contributed by atoms with Crippen molar-refractivity contribution in [3.05, 3.63) is 28.6 Å². The van der Waals surface area contributed by atoms with Gasteiger partial charge in [0.25, 0.3) is 0 Å². The number of anilines is 1. The number of fused-ring (bicyclic) bond motifs is 1. The molecule has 110 valence electrons. The number of carboxylic acids is 1. The first-order valence-corrected chi connectivity index (χ1v) is 6.73. The minimum atomic E-state index is -1.15. The number of ether oxygens (including phenoxy) is 1. The van der Waals surface area contributed by atoms with Gasteiger partial charge in [0.1, 0.15) is 6.61 Å². The molecule has 1 aromatic carbocycles. The maximum absolute atomic E-state index is 11.1. The van der Waals surface area contributed by atoms with Crippen molar-refractivity contribution in [1.29, 1.82) is 0 Å². The number of nitrogens with zero attached hydrogens (tertiary/aromatic N) is 2. The standard InChI is InChI=1S/C14H13ClN2O4/c1-7-11(14(18)19)21-13(16-7)9-5-8(15)6-10-12(9)20-4-3-17(10)2/h5-6H,3-4H2,1-2H3,(H,18,19). The second kappa shape index (κ2) is 4.96. The van der Waals surface area contributed by atoms with Gasteiger partial charge in [0.05, 0.1) is 23.5 Å². The van der Waals surface area contributed by atoms with Gasteiger partial charge in [-0.3, -0.25) is 0 Å². The highest BCUT2D eigenvalue weighted by molar-refractivity contribution is 6.31. The number of oxazole rings is 1. The Morgan fingerprint density at radius 2 is 2.24 bits per heavy atom. The van der Waals surface area contributed by atoms with Crippen LogP contribution in [0.25, 0.3) is 11.5 Å². The lowest BCUT2D eigenvalue weighted by Crippen LogP contribution is -2.29. The van der Waals surface area contributed by atoms with Gasteiger partial charge in [-0.05, 0) is 19.1 Å². The number of aryl methyl sites for hydroxylation is 1. The molecule has 3 rings (SSSR count). The van der Waals surface area contributed by atoms with Crippen LogP contribution in [0.1, 0.15) is 16.2 Å². The summed E-state index contributed by atoms with van der Waals surface area (Å²) in [4.78, 5) is 17.3. The number of aromatic nitrogens is 1. The van der Waals surface area contributed by atoms with Crippen molar-refractivity contribution >= 4 is 23.3 Å². The van der Waals surface area contributed by atoms with Crippen LogP contribution in [0.15, 0.2) is 16.5 Å². The van der Waals surface area contributed by atoms with E-state index in [1.165, 1.54) is 0 Å². The van der Waals surface area contributed by atoms with Crippen LogP contribution in [0, 0.1) is 6.92 Å². The van der Waals surface area contributed by atoms with Gasteiger partial charge in [-0.2, -0.15) is 0 Å². The van der Waals surface area contributed by atoms with Gasteiger partial charge in [0.15, 0.2) is 5.75 Å². The third kappa shape index (κ3) is 2.31. The number of aromatic carboxylic acids is 1. The summed E-state index contributed by atoms with van der Waals surface area (Å²) in [5.41, 5.74) is 1.70. The summed E-state index contributed by atoms with van der Waals surface area (Å²) in [6.07, 6.45) is 0. The number of hydrogen-bond acceptors (Lipinski definition) is 5. The van der Waals surface area contributed by atoms with E-state index in [-0.39, 0.29) is 11.7 Å². The zero-order chi connectivity index (χ0) is 15.1. The number of halogens is 1. The number of likely N-dealkylation sites (N-methyl/N-ethyl adjacent to an activating group) is 1. The van der Waals surface area contributed by atoms with Crippen LogP contribution in [0.4, 0.5) is 5.69 Å². The third-order valence-electron chi connectivity index (χ3n) is 3.34. The molecule has 0 radical (unpaired) electrons. The number of hydrogen-bond donors (Lipinski definition) is 1. The van der Waals surface area contributed by atoms with Gasteiger partial charge in [0, 0.05) is 12.1 Å². The molecule has 0 saturated heterocycles. The SMILES string of the molecule is Cc1nc(-c2cc(Cl)cc3c2OCCN3C)oc1C(=O)O. The molecule has 0 atom stereocenters. The number of carboxylic acid groups (broad SMARTS) is 1. The fourth-order valence-electron chi connectivity index (χ4n) is 2.29. The van der Waals surface area contributed by atoms with Crippen molar-refractivity contribution in [3.8, 4) is 17.2 Å². The maximum Gasteiger partial charge on any atom is 0.373 e. The van der Waals surface area contributed by atoms with Crippen LogP contribution < -0.4 is 9.64 Å². The Balaban J connectivity index is 2.19. The van der Waals surface area contributed by atoms with E-state index in [0.29, 0.717) is 28.6 Å². The molecular weight excluding hydrogens is 296 g/mol. The van der Waals surface area contributed by atoms with Gasteiger partial charge >= 0.3 is 5.97 Å². The molecule has 1 aromatic heterocycles. The highest BCUT2D eigenvalue weighted by Crippen LogP contribution is 2.42. The smallest absolute Gasteiger partial charge is 0.373 e. The van der Waals surface area contributed by atoms with E-state index in [9.17, 15) is 4.79 Å². The van der Waals surface area contributed by atoms with Crippen LogP contribution >= 0.6 is 11.6 Å². The lowest BCUT2D eigenvalue weighted by Gasteiger charge is -2.28. The molecular formula is C14H13ClN2O4. The second-order valence-corrected chi connectivity index (χ2v) is 5.25. The Kier molecular flexibility index (Phi) is 3.25. The van der Waals surface area contributed by atoms with Crippen molar-refractivity contribution < 1.29 is 19.1 Å². The number of carbonyl (C=O) groups is 1. The first-order chi connectivity index (χ1) is 9.97. The summed E-state index contributed by atoms with van der Waals surface area (Å²) in [5.74, 6) is -0.534. The summed E-state index contributed by atoms with van der Waals surface area (Å²) in [6, 6.07) is 3.46. The summed E-state index contributed by atoms with van der Waals surface area (Å²) >= 11 is 6.14. The van der Waals surface area contributed by atoms with Crippen molar-refractivity contribution in [2.75, 3.05) is 25.1 Å². The van der Waals surface area contributed by atoms with Gasteiger partial charge < -0.3 is 19.2 Å². The molecule has 0 fully saturated rings. The number of rotatable bonds is 2. The molecule has 0 spiro atoms. The van der Waals surface area contributed by atoms with E-state index >= 15 is 0 Å². The monoisotopic (exact) mass is 308 g/mol. The molecule has 6 nitrogen and oxygen atoms in total. The molecule has 7 heteroatoms. The quantitative estimate of drug-likeness (QED) is 0.919. The maximum atomic E-state index is 11.1. The molecule has 1 N–H and O–H groups in total. The largest absolute Gasteiger partial charge is 0.489 e. The molecule has 0 unspecified atom stereocenters. The van der Waals surface area contributed by atoms with Gasteiger partial charge in [-0.1, -0.05) is 11.6 Å². The zero-order valence-corrected chi connectivity index (χ0v) is 12.3. The molecule has 0 aliphatic carbocycles. The van der Waals surface area contributed by atoms with Crippen LogP contribution in [0.2, 0.25) is 5.02 Å². The van der Waals surface area contributed by atoms with Crippen LogP contribution in [-0.4, -0.2) is 36.3 Å². The van der Waals surface area contributed by atoms with E-state index < -0.39 is 5.97 Å². The summed E-state index contributed by atoms with van der Waals surface area (Å²) in [6.45, 7) is 2.86. The first-order valence-electron chi connectivity index (χ1n) is 6.36. The van der Waals surface area contributed by atoms with Crippen LogP contribution in [-0.2, 0) is 0 Å². The average Bonchev–Trinajstić information content (AvgIpc) is 2.81. The average molecular weight is 309 g/mol. The van der Waals surface area contributed by atoms with Crippen molar-refractivity contribution in [2.24, 2.45) is 0 Å². The summed E-state index contributed by atoms with van der Waals surface area (Å²) in [7, 11) is 1.94. The fourth-order valence-corrected chi connectivity index (χ4v) is 2.50. The van der Waals surface area contributed by atoms with Crippen LogP contribution in [0.3, 0.4) is 0 Å². The molecule has 0 bridgehead atoms. The van der Waals surface area contributed by atoms with E-state index in [4.69, 9.17) is 25.9 Å². The minimum absolute atomic E-state index is 0.178. The molecule has 2 heterocycles. The molecule has 1 aliphatic rings. The predicted octanol–water partition coefficient (Wildman–Crippen LogP) is 2.83.